The molecule has 1 heterocycles. The van der Waals surface area contributed by atoms with Crippen molar-refractivity contribution in [2.45, 2.75) is 19.4 Å². The topological polar surface area (TPSA) is 48.0 Å². The van der Waals surface area contributed by atoms with Crippen LogP contribution in [0.15, 0.2) is 39.6 Å². The molecular formula is C13H15BrN2O. The van der Waals surface area contributed by atoms with Gasteiger partial charge in [0.05, 0.1) is 5.52 Å². The first-order chi connectivity index (χ1) is 8.22. The number of aryl methyl sites for hydroxylation is 1. The average Bonchev–Trinajstić information content (AvgIpc) is 2.32. The van der Waals surface area contributed by atoms with Gasteiger partial charge in [0.1, 0.15) is 0 Å². The molecule has 0 radical (unpaired) electrons. The smallest absolute Gasteiger partial charge is 0.251 e. The van der Waals surface area contributed by atoms with Gasteiger partial charge in [-0.2, -0.15) is 0 Å². The Balaban J connectivity index is 2.44. The van der Waals surface area contributed by atoms with E-state index in [-0.39, 0.29) is 5.56 Å². The van der Waals surface area contributed by atoms with E-state index in [0.717, 1.165) is 34.8 Å². The maximum absolute atomic E-state index is 11.8. The zero-order chi connectivity index (χ0) is 12.3. The second-order valence-electron chi connectivity index (χ2n) is 4.02. The van der Waals surface area contributed by atoms with Crippen molar-refractivity contribution in [3.8, 4) is 0 Å². The molecule has 0 fully saturated rings. The van der Waals surface area contributed by atoms with E-state index in [1.165, 1.54) is 0 Å². The molecule has 0 aliphatic rings. The normalized spacial score (nSPS) is 10.9. The number of fused-ring (bicyclic) bond motifs is 1. The highest BCUT2D eigenvalue weighted by Gasteiger charge is 2.02. The fourth-order valence-electron chi connectivity index (χ4n) is 1.92. The standard InChI is InChI=1S/C13H15BrN2O/c14-11-4-5-12-10(9-11)3-6-13(17)16(12)8-2-1-7-15/h3-6,9H,1-2,7-8,15H2. The Morgan fingerprint density at radius 1 is 1.18 bits per heavy atom. The first-order valence-corrected chi connectivity index (χ1v) is 6.51. The summed E-state index contributed by atoms with van der Waals surface area (Å²) < 4.78 is 2.84. The number of halogens is 1. The third-order valence-electron chi connectivity index (χ3n) is 2.79. The van der Waals surface area contributed by atoms with Crippen molar-refractivity contribution >= 4 is 26.8 Å². The number of benzene rings is 1. The molecule has 4 heteroatoms. The van der Waals surface area contributed by atoms with Crippen LogP contribution in [0.4, 0.5) is 0 Å². The molecule has 2 aromatic rings. The zero-order valence-corrected chi connectivity index (χ0v) is 11.1. The van der Waals surface area contributed by atoms with E-state index in [0.29, 0.717) is 6.54 Å². The van der Waals surface area contributed by atoms with Crippen LogP contribution >= 0.6 is 15.9 Å². The van der Waals surface area contributed by atoms with E-state index in [9.17, 15) is 4.79 Å². The molecule has 0 atom stereocenters. The summed E-state index contributed by atoms with van der Waals surface area (Å²) in [6.07, 6.45) is 1.88. The minimum atomic E-state index is 0.0526. The van der Waals surface area contributed by atoms with Crippen LogP contribution < -0.4 is 11.3 Å². The molecule has 90 valence electrons. The molecule has 2 rings (SSSR count). The highest BCUT2D eigenvalue weighted by Crippen LogP contribution is 2.18. The Hall–Kier alpha value is -1.13. The van der Waals surface area contributed by atoms with Gasteiger partial charge < -0.3 is 10.3 Å². The number of rotatable bonds is 4. The summed E-state index contributed by atoms with van der Waals surface area (Å²) in [5, 5.41) is 1.08. The summed E-state index contributed by atoms with van der Waals surface area (Å²) in [6, 6.07) is 9.44. The quantitative estimate of drug-likeness (QED) is 0.881. The number of pyridine rings is 1. The lowest BCUT2D eigenvalue weighted by Crippen LogP contribution is -2.19. The fourth-order valence-corrected chi connectivity index (χ4v) is 2.30. The number of nitrogens with two attached hydrogens (primary N) is 1. The first-order valence-electron chi connectivity index (χ1n) is 5.71. The van der Waals surface area contributed by atoms with Gasteiger partial charge in [-0.05, 0) is 49.0 Å². The maximum Gasteiger partial charge on any atom is 0.251 e. The van der Waals surface area contributed by atoms with Crippen LogP contribution in [0.2, 0.25) is 0 Å². The van der Waals surface area contributed by atoms with Gasteiger partial charge in [-0.15, -0.1) is 0 Å². The van der Waals surface area contributed by atoms with Crippen molar-refractivity contribution in [2.24, 2.45) is 5.73 Å². The predicted molar refractivity (Wildman–Crippen MR) is 74.2 cm³/mol. The molecule has 0 saturated carbocycles. The Kier molecular flexibility index (Phi) is 3.97. The molecule has 0 aliphatic heterocycles. The van der Waals surface area contributed by atoms with Gasteiger partial charge in [-0.1, -0.05) is 15.9 Å². The van der Waals surface area contributed by atoms with E-state index in [1.807, 2.05) is 28.8 Å². The van der Waals surface area contributed by atoms with Gasteiger partial charge >= 0.3 is 0 Å². The summed E-state index contributed by atoms with van der Waals surface area (Å²) in [5.41, 5.74) is 6.51. The maximum atomic E-state index is 11.8. The van der Waals surface area contributed by atoms with Crippen LogP contribution in [-0.2, 0) is 6.54 Å². The summed E-state index contributed by atoms with van der Waals surface area (Å²) in [7, 11) is 0. The van der Waals surface area contributed by atoms with Crippen molar-refractivity contribution in [3.63, 3.8) is 0 Å². The monoisotopic (exact) mass is 294 g/mol. The molecule has 0 aliphatic carbocycles. The molecule has 1 aromatic carbocycles. The second kappa shape index (κ2) is 5.47. The molecule has 0 bridgehead atoms. The molecule has 1 aromatic heterocycles. The molecular weight excluding hydrogens is 280 g/mol. The molecule has 0 saturated heterocycles. The van der Waals surface area contributed by atoms with Crippen molar-refractivity contribution < 1.29 is 0 Å². The van der Waals surface area contributed by atoms with Gasteiger partial charge in [0.25, 0.3) is 5.56 Å². The number of aromatic nitrogens is 1. The molecule has 17 heavy (non-hydrogen) atoms. The highest BCUT2D eigenvalue weighted by molar-refractivity contribution is 9.10. The van der Waals surface area contributed by atoms with Crippen LogP contribution in [0, 0.1) is 0 Å². The van der Waals surface area contributed by atoms with E-state index in [4.69, 9.17) is 5.73 Å². The van der Waals surface area contributed by atoms with Gasteiger partial charge in [0, 0.05) is 17.1 Å². The minimum absolute atomic E-state index is 0.0526. The predicted octanol–water partition coefficient (Wildman–Crippen LogP) is 2.50. The van der Waals surface area contributed by atoms with E-state index in [2.05, 4.69) is 15.9 Å². The Bertz CT molecular complexity index is 577. The lowest BCUT2D eigenvalue weighted by molar-refractivity contribution is 0.615. The second-order valence-corrected chi connectivity index (χ2v) is 4.94. The number of nitrogens with zero attached hydrogens (tertiary/aromatic N) is 1. The van der Waals surface area contributed by atoms with Crippen LogP contribution in [0.3, 0.4) is 0 Å². The van der Waals surface area contributed by atoms with Gasteiger partial charge in [-0.25, -0.2) is 0 Å². The lowest BCUT2D eigenvalue weighted by Gasteiger charge is -2.09. The molecule has 0 unspecified atom stereocenters. The Labute approximate surface area is 108 Å². The number of hydrogen-bond acceptors (Lipinski definition) is 2. The van der Waals surface area contributed by atoms with E-state index in [1.54, 1.807) is 6.07 Å². The largest absolute Gasteiger partial charge is 0.330 e. The van der Waals surface area contributed by atoms with Crippen molar-refractivity contribution in [1.29, 1.82) is 0 Å². The molecule has 0 spiro atoms. The lowest BCUT2D eigenvalue weighted by atomic mass is 10.2. The Morgan fingerprint density at radius 3 is 2.76 bits per heavy atom. The fraction of sp³-hybridized carbons (Fsp3) is 0.308. The Morgan fingerprint density at radius 2 is 2.00 bits per heavy atom. The highest BCUT2D eigenvalue weighted by atomic mass is 79.9. The summed E-state index contributed by atoms with van der Waals surface area (Å²) >= 11 is 3.44. The van der Waals surface area contributed by atoms with Crippen LogP contribution in [-0.4, -0.2) is 11.1 Å². The van der Waals surface area contributed by atoms with Crippen LogP contribution in [0.1, 0.15) is 12.8 Å². The first kappa shape index (κ1) is 12.3. The van der Waals surface area contributed by atoms with Crippen molar-refractivity contribution in [1.82, 2.24) is 4.57 Å². The molecule has 2 N–H and O–H groups in total. The molecule has 3 nitrogen and oxygen atoms in total. The molecule has 0 amide bonds. The SMILES string of the molecule is NCCCCn1c(=O)ccc2cc(Br)ccc21. The summed E-state index contributed by atoms with van der Waals surface area (Å²) in [5.74, 6) is 0. The number of unbranched alkanes of at least 4 members (excludes halogenated alkanes) is 1. The minimum Gasteiger partial charge on any atom is -0.330 e. The van der Waals surface area contributed by atoms with E-state index >= 15 is 0 Å². The van der Waals surface area contributed by atoms with Crippen molar-refractivity contribution in [2.75, 3.05) is 6.54 Å². The summed E-state index contributed by atoms with van der Waals surface area (Å²) in [4.78, 5) is 11.8. The van der Waals surface area contributed by atoms with Crippen LogP contribution in [0.5, 0.6) is 0 Å². The van der Waals surface area contributed by atoms with Crippen molar-refractivity contribution in [3.05, 3.63) is 45.2 Å². The van der Waals surface area contributed by atoms with E-state index < -0.39 is 0 Å². The zero-order valence-electron chi connectivity index (χ0n) is 9.53. The van der Waals surface area contributed by atoms with Gasteiger partial charge in [0.15, 0.2) is 0 Å². The summed E-state index contributed by atoms with van der Waals surface area (Å²) in [6.45, 7) is 1.40. The number of hydrogen-bond donors (Lipinski definition) is 1. The van der Waals surface area contributed by atoms with Gasteiger partial charge in [-0.3, -0.25) is 4.79 Å². The third-order valence-corrected chi connectivity index (χ3v) is 3.28. The van der Waals surface area contributed by atoms with Crippen LogP contribution in [0.25, 0.3) is 10.9 Å². The third kappa shape index (κ3) is 2.76. The average molecular weight is 295 g/mol. The van der Waals surface area contributed by atoms with Gasteiger partial charge in [0.2, 0.25) is 0 Å².